The van der Waals surface area contributed by atoms with E-state index >= 15 is 0 Å². The monoisotopic (exact) mass is 266 g/mol. The molecule has 0 saturated heterocycles. The Balaban J connectivity index is 2.99. The summed E-state index contributed by atoms with van der Waals surface area (Å²) < 4.78 is 5.07. The molecule has 19 heavy (non-hydrogen) atoms. The normalized spacial score (nSPS) is 12.1. The molecule has 0 aromatic heterocycles. The van der Waals surface area contributed by atoms with Crippen LogP contribution in [0.3, 0.4) is 0 Å². The van der Waals surface area contributed by atoms with Gasteiger partial charge in [0, 0.05) is 17.3 Å². The number of methoxy groups -OCH3 is 1. The molecule has 1 aromatic carbocycles. The third-order valence-electron chi connectivity index (χ3n) is 3.38. The number of ether oxygens (including phenoxy) is 1. The van der Waals surface area contributed by atoms with Crippen LogP contribution in [0, 0.1) is 0 Å². The maximum atomic E-state index is 12.2. The molecule has 0 aliphatic carbocycles. The molecule has 0 saturated carbocycles. The van der Waals surface area contributed by atoms with Gasteiger partial charge in [0.15, 0.2) is 0 Å². The zero-order valence-electron chi connectivity index (χ0n) is 12.1. The Labute approximate surface area is 113 Å². The third kappa shape index (κ3) is 3.61. The van der Waals surface area contributed by atoms with Crippen LogP contribution >= 0.6 is 0 Å². The quantitative estimate of drug-likeness (QED) is 0.722. The number of rotatable bonds is 4. The number of hydrogen-bond acceptors (Lipinski definition) is 4. The van der Waals surface area contributed by atoms with Crippen LogP contribution in [0.15, 0.2) is 18.2 Å². The summed E-state index contributed by atoms with van der Waals surface area (Å²) in [5, 5.41) is 12.8. The SMILES string of the molecule is COc1cc(N)cc(C(=O)NC(C)(C)C(C)(C)O)c1. The van der Waals surface area contributed by atoms with Crippen molar-refractivity contribution in [3.8, 4) is 5.75 Å². The molecule has 0 heterocycles. The molecule has 1 aromatic rings. The first-order chi connectivity index (χ1) is 8.56. The van der Waals surface area contributed by atoms with E-state index in [9.17, 15) is 9.90 Å². The maximum absolute atomic E-state index is 12.2. The molecular weight excluding hydrogens is 244 g/mol. The Hall–Kier alpha value is -1.75. The van der Waals surface area contributed by atoms with Crippen LogP contribution in [0.4, 0.5) is 5.69 Å². The number of nitrogens with two attached hydrogens (primary N) is 1. The van der Waals surface area contributed by atoms with E-state index in [0.717, 1.165) is 0 Å². The van der Waals surface area contributed by atoms with Crippen molar-refractivity contribution in [2.75, 3.05) is 12.8 Å². The Morgan fingerprint density at radius 1 is 1.26 bits per heavy atom. The van der Waals surface area contributed by atoms with Gasteiger partial charge in [0.05, 0.1) is 18.2 Å². The van der Waals surface area contributed by atoms with Crippen molar-refractivity contribution in [3.63, 3.8) is 0 Å². The molecule has 0 aliphatic heterocycles. The van der Waals surface area contributed by atoms with Gasteiger partial charge in [-0.1, -0.05) is 0 Å². The van der Waals surface area contributed by atoms with E-state index < -0.39 is 11.1 Å². The number of nitrogen functional groups attached to an aromatic ring is 1. The molecule has 0 spiro atoms. The van der Waals surface area contributed by atoms with Crippen LogP contribution in [-0.4, -0.2) is 29.3 Å². The van der Waals surface area contributed by atoms with E-state index in [0.29, 0.717) is 17.0 Å². The van der Waals surface area contributed by atoms with Crippen LogP contribution in [0.25, 0.3) is 0 Å². The number of anilines is 1. The van der Waals surface area contributed by atoms with Gasteiger partial charge in [0.2, 0.25) is 0 Å². The number of benzene rings is 1. The summed E-state index contributed by atoms with van der Waals surface area (Å²) >= 11 is 0. The first-order valence-corrected chi connectivity index (χ1v) is 6.06. The summed E-state index contributed by atoms with van der Waals surface area (Å²) in [5.74, 6) is 0.212. The molecule has 5 nitrogen and oxygen atoms in total. The van der Waals surface area contributed by atoms with Crippen LogP contribution in [-0.2, 0) is 0 Å². The van der Waals surface area contributed by atoms with Gasteiger partial charge < -0.3 is 20.9 Å². The smallest absolute Gasteiger partial charge is 0.252 e. The number of hydrogen-bond donors (Lipinski definition) is 3. The number of carbonyl (C=O) groups is 1. The van der Waals surface area contributed by atoms with E-state index in [-0.39, 0.29) is 5.91 Å². The average Bonchev–Trinajstić information content (AvgIpc) is 2.25. The summed E-state index contributed by atoms with van der Waals surface area (Å²) in [7, 11) is 1.51. The third-order valence-corrected chi connectivity index (χ3v) is 3.38. The van der Waals surface area contributed by atoms with Gasteiger partial charge in [-0.25, -0.2) is 0 Å². The van der Waals surface area contributed by atoms with Crippen molar-refractivity contribution in [2.24, 2.45) is 0 Å². The first-order valence-electron chi connectivity index (χ1n) is 6.06. The standard InChI is InChI=1S/C14H22N2O3/c1-13(2,14(3,4)18)16-12(17)9-6-10(15)8-11(7-9)19-5/h6-8,18H,15H2,1-5H3,(H,16,17). The number of aliphatic hydroxyl groups is 1. The van der Waals surface area contributed by atoms with E-state index in [1.807, 2.05) is 0 Å². The van der Waals surface area contributed by atoms with Crippen molar-refractivity contribution in [1.82, 2.24) is 5.32 Å². The predicted octanol–water partition coefficient (Wildman–Crippen LogP) is 1.56. The average molecular weight is 266 g/mol. The lowest BCUT2D eigenvalue weighted by Gasteiger charge is -2.38. The van der Waals surface area contributed by atoms with E-state index in [1.165, 1.54) is 7.11 Å². The fraction of sp³-hybridized carbons (Fsp3) is 0.500. The van der Waals surface area contributed by atoms with Crippen LogP contribution in [0.1, 0.15) is 38.1 Å². The van der Waals surface area contributed by atoms with Crippen molar-refractivity contribution in [3.05, 3.63) is 23.8 Å². The molecule has 106 valence electrons. The fourth-order valence-electron chi connectivity index (χ4n) is 1.38. The topological polar surface area (TPSA) is 84.6 Å². The Morgan fingerprint density at radius 2 is 1.84 bits per heavy atom. The van der Waals surface area contributed by atoms with Gasteiger partial charge in [-0.2, -0.15) is 0 Å². The molecule has 0 bridgehead atoms. The van der Waals surface area contributed by atoms with Crippen molar-refractivity contribution in [2.45, 2.75) is 38.8 Å². The van der Waals surface area contributed by atoms with Crippen molar-refractivity contribution in [1.29, 1.82) is 0 Å². The maximum Gasteiger partial charge on any atom is 0.252 e. The number of amides is 1. The highest BCUT2D eigenvalue weighted by molar-refractivity contribution is 5.96. The minimum absolute atomic E-state index is 0.308. The van der Waals surface area contributed by atoms with E-state index in [4.69, 9.17) is 10.5 Å². The van der Waals surface area contributed by atoms with E-state index in [2.05, 4.69) is 5.32 Å². The first kappa shape index (κ1) is 15.3. The van der Waals surface area contributed by atoms with Gasteiger partial charge in [-0.15, -0.1) is 0 Å². The summed E-state index contributed by atoms with van der Waals surface area (Å²) in [6.07, 6.45) is 0. The van der Waals surface area contributed by atoms with Gasteiger partial charge in [-0.3, -0.25) is 4.79 Å². The van der Waals surface area contributed by atoms with Gasteiger partial charge in [-0.05, 0) is 39.8 Å². The van der Waals surface area contributed by atoms with Crippen molar-refractivity contribution >= 4 is 11.6 Å². The second-order valence-electron chi connectivity index (χ2n) is 5.63. The Kier molecular flexibility index (Phi) is 4.10. The minimum atomic E-state index is -1.05. The highest BCUT2D eigenvalue weighted by atomic mass is 16.5. The van der Waals surface area contributed by atoms with E-state index in [1.54, 1.807) is 45.9 Å². The van der Waals surface area contributed by atoms with Gasteiger partial charge in [0.25, 0.3) is 5.91 Å². The number of carbonyl (C=O) groups excluding carboxylic acids is 1. The Bertz CT molecular complexity index is 476. The molecule has 4 N–H and O–H groups in total. The Morgan fingerprint density at radius 3 is 2.32 bits per heavy atom. The summed E-state index contributed by atoms with van der Waals surface area (Å²) in [5.41, 5.74) is 4.74. The largest absolute Gasteiger partial charge is 0.497 e. The van der Waals surface area contributed by atoms with Crippen LogP contribution < -0.4 is 15.8 Å². The predicted molar refractivity (Wildman–Crippen MR) is 75.2 cm³/mol. The summed E-state index contributed by atoms with van der Waals surface area (Å²) in [6, 6.07) is 4.81. The summed E-state index contributed by atoms with van der Waals surface area (Å²) in [4.78, 5) is 12.2. The molecule has 0 unspecified atom stereocenters. The van der Waals surface area contributed by atoms with Crippen molar-refractivity contribution < 1.29 is 14.6 Å². The van der Waals surface area contributed by atoms with Crippen LogP contribution in [0.2, 0.25) is 0 Å². The molecule has 0 fully saturated rings. The molecule has 0 radical (unpaired) electrons. The zero-order valence-corrected chi connectivity index (χ0v) is 12.1. The zero-order chi connectivity index (χ0) is 14.8. The molecule has 1 rings (SSSR count). The van der Waals surface area contributed by atoms with Gasteiger partial charge >= 0.3 is 0 Å². The molecule has 0 aliphatic rings. The summed E-state index contributed by atoms with van der Waals surface area (Å²) in [6.45, 7) is 6.81. The molecule has 5 heteroatoms. The lowest BCUT2D eigenvalue weighted by atomic mass is 9.85. The molecular formula is C14H22N2O3. The second-order valence-corrected chi connectivity index (χ2v) is 5.63. The fourth-order valence-corrected chi connectivity index (χ4v) is 1.38. The van der Waals surface area contributed by atoms with Gasteiger partial charge in [0.1, 0.15) is 5.75 Å². The lowest BCUT2D eigenvalue weighted by Crippen LogP contribution is -2.57. The lowest BCUT2D eigenvalue weighted by molar-refractivity contribution is -0.00292. The molecule has 0 atom stereocenters. The highest BCUT2D eigenvalue weighted by Gasteiger charge is 2.36. The highest BCUT2D eigenvalue weighted by Crippen LogP contribution is 2.23. The second kappa shape index (κ2) is 5.09. The number of nitrogens with one attached hydrogen (secondary N) is 1. The van der Waals surface area contributed by atoms with Crippen LogP contribution in [0.5, 0.6) is 5.75 Å². The molecule has 1 amide bonds. The minimum Gasteiger partial charge on any atom is -0.497 e.